The molecule has 16 heavy (non-hydrogen) atoms. The Bertz CT molecular complexity index is 275. The molecule has 0 spiro atoms. The quantitative estimate of drug-likeness (QED) is 0.765. The van der Waals surface area contributed by atoms with E-state index >= 15 is 0 Å². The van der Waals surface area contributed by atoms with Gasteiger partial charge in [0.25, 0.3) is 0 Å². The van der Waals surface area contributed by atoms with Gasteiger partial charge in [-0.05, 0) is 30.5 Å². The van der Waals surface area contributed by atoms with Crippen molar-refractivity contribution in [2.75, 3.05) is 19.7 Å². The van der Waals surface area contributed by atoms with Crippen molar-refractivity contribution >= 4 is 0 Å². The summed E-state index contributed by atoms with van der Waals surface area (Å²) in [5.74, 6) is 0.704. The van der Waals surface area contributed by atoms with Gasteiger partial charge in [0.1, 0.15) is 0 Å². The fraction of sp³-hybridized carbons (Fsp3) is 0.615. The van der Waals surface area contributed by atoms with Gasteiger partial charge in [-0.25, -0.2) is 0 Å². The second-order valence-electron chi connectivity index (χ2n) is 4.54. The van der Waals surface area contributed by atoms with Crippen LogP contribution in [0.5, 0.6) is 0 Å². The van der Waals surface area contributed by atoms with Crippen LogP contribution in [-0.2, 0) is 6.54 Å². The summed E-state index contributed by atoms with van der Waals surface area (Å²) in [6.45, 7) is 7.32. The van der Waals surface area contributed by atoms with Gasteiger partial charge in [0.15, 0.2) is 0 Å². The summed E-state index contributed by atoms with van der Waals surface area (Å²) in [6, 6.07) is 4.03. The predicted molar refractivity (Wildman–Crippen MR) is 66.1 cm³/mol. The number of hydrogen-bond donors (Lipinski definition) is 1. The third-order valence-corrected chi connectivity index (χ3v) is 2.57. The third kappa shape index (κ3) is 5.24. The van der Waals surface area contributed by atoms with E-state index < -0.39 is 0 Å². The second-order valence-corrected chi connectivity index (χ2v) is 4.54. The van der Waals surface area contributed by atoms with Crippen LogP contribution in [-0.4, -0.2) is 34.7 Å². The molecular weight excluding hydrogens is 200 g/mol. The van der Waals surface area contributed by atoms with Crippen molar-refractivity contribution in [1.29, 1.82) is 0 Å². The van der Waals surface area contributed by atoms with Crippen LogP contribution in [0.3, 0.4) is 0 Å². The molecule has 0 unspecified atom stereocenters. The first kappa shape index (κ1) is 13.1. The number of hydrogen-bond acceptors (Lipinski definition) is 3. The monoisotopic (exact) mass is 222 g/mol. The van der Waals surface area contributed by atoms with Gasteiger partial charge in [0.05, 0.1) is 6.61 Å². The van der Waals surface area contributed by atoms with E-state index in [1.165, 1.54) is 12.0 Å². The molecule has 0 aliphatic heterocycles. The maximum absolute atomic E-state index is 9.02. The normalized spacial score (nSPS) is 11.3. The Hall–Kier alpha value is -0.930. The number of aliphatic hydroxyl groups is 1. The summed E-state index contributed by atoms with van der Waals surface area (Å²) >= 11 is 0. The maximum Gasteiger partial charge on any atom is 0.0558 e. The van der Waals surface area contributed by atoms with E-state index in [1.54, 1.807) is 6.20 Å². The van der Waals surface area contributed by atoms with Crippen molar-refractivity contribution in [2.45, 2.75) is 26.8 Å². The Morgan fingerprint density at radius 2 is 2.19 bits per heavy atom. The van der Waals surface area contributed by atoms with Crippen LogP contribution < -0.4 is 0 Å². The largest absolute Gasteiger partial charge is 0.395 e. The van der Waals surface area contributed by atoms with Gasteiger partial charge >= 0.3 is 0 Å². The van der Waals surface area contributed by atoms with Crippen LogP contribution in [0, 0.1) is 5.92 Å². The Balaban J connectivity index is 2.44. The van der Waals surface area contributed by atoms with Gasteiger partial charge in [-0.1, -0.05) is 19.9 Å². The molecule has 0 amide bonds. The molecule has 1 aromatic heterocycles. The van der Waals surface area contributed by atoms with E-state index in [0.29, 0.717) is 5.92 Å². The SMILES string of the molecule is CC(C)CCN(CCO)Cc1cccnc1. The van der Waals surface area contributed by atoms with Crippen molar-refractivity contribution in [2.24, 2.45) is 5.92 Å². The van der Waals surface area contributed by atoms with E-state index in [4.69, 9.17) is 5.11 Å². The summed E-state index contributed by atoms with van der Waals surface area (Å²) in [4.78, 5) is 6.38. The lowest BCUT2D eigenvalue weighted by atomic mass is 10.1. The van der Waals surface area contributed by atoms with E-state index in [-0.39, 0.29) is 6.61 Å². The average Bonchev–Trinajstić information content (AvgIpc) is 2.27. The maximum atomic E-state index is 9.02. The molecular formula is C13H22N2O. The highest BCUT2D eigenvalue weighted by atomic mass is 16.3. The fourth-order valence-electron chi connectivity index (χ4n) is 1.60. The molecule has 1 aromatic rings. The third-order valence-electron chi connectivity index (χ3n) is 2.57. The Kier molecular flexibility index (Phi) is 6.04. The number of rotatable bonds is 7. The van der Waals surface area contributed by atoms with Crippen LogP contribution in [0.25, 0.3) is 0 Å². The number of nitrogens with zero attached hydrogens (tertiary/aromatic N) is 2. The Morgan fingerprint density at radius 1 is 1.38 bits per heavy atom. The molecule has 0 fully saturated rings. The van der Waals surface area contributed by atoms with Gasteiger partial charge in [-0.15, -0.1) is 0 Å². The van der Waals surface area contributed by atoms with E-state index in [0.717, 1.165) is 19.6 Å². The highest BCUT2D eigenvalue weighted by Gasteiger charge is 2.06. The molecule has 0 bridgehead atoms. The molecule has 0 saturated carbocycles. The van der Waals surface area contributed by atoms with Crippen LogP contribution in [0.1, 0.15) is 25.8 Å². The van der Waals surface area contributed by atoms with Gasteiger partial charge < -0.3 is 5.11 Å². The summed E-state index contributed by atoms with van der Waals surface area (Å²) < 4.78 is 0. The molecule has 1 rings (SSSR count). The van der Waals surface area contributed by atoms with Crippen molar-refractivity contribution in [3.63, 3.8) is 0 Å². The molecule has 1 heterocycles. The summed E-state index contributed by atoms with van der Waals surface area (Å²) in [6.07, 6.45) is 4.84. The van der Waals surface area contributed by atoms with Crippen LogP contribution in [0.4, 0.5) is 0 Å². The van der Waals surface area contributed by atoms with Crippen molar-refractivity contribution in [1.82, 2.24) is 9.88 Å². The predicted octanol–water partition coefficient (Wildman–Crippen LogP) is 1.92. The van der Waals surface area contributed by atoms with Crippen molar-refractivity contribution in [3.8, 4) is 0 Å². The van der Waals surface area contributed by atoms with E-state index in [2.05, 4.69) is 29.8 Å². The summed E-state index contributed by atoms with van der Waals surface area (Å²) in [7, 11) is 0. The minimum Gasteiger partial charge on any atom is -0.395 e. The fourth-order valence-corrected chi connectivity index (χ4v) is 1.60. The first-order valence-corrected chi connectivity index (χ1v) is 5.94. The molecule has 0 aromatic carbocycles. The van der Waals surface area contributed by atoms with Crippen LogP contribution >= 0.6 is 0 Å². The Labute approximate surface area is 98.1 Å². The summed E-state index contributed by atoms with van der Waals surface area (Å²) in [5.41, 5.74) is 1.21. The number of pyridine rings is 1. The molecule has 0 saturated heterocycles. The number of aromatic nitrogens is 1. The lowest BCUT2D eigenvalue weighted by Gasteiger charge is -2.22. The molecule has 3 heteroatoms. The minimum atomic E-state index is 0.221. The van der Waals surface area contributed by atoms with E-state index in [9.17, 15) is 0 Å². The van der Waals surface area contributed by atoms with Crippen molar-refractivity contribution < 1.29 is 5.11 Å². The zero-order chi connectivity index (χ0) is 11.8. The molecule has 0 atom stereocenters. The summed E-state index contributed by atoms with van der Waals surface area (Å²) in [5, 5.41) is 9.02. The second kappa shape index (κ2) is 7.36. The molecule has 0 aliphatic carbocycles. The lowest BCUT2D eigenvalue weighted by molar-refractivity contribution is 0.183. The lowest BCUT2D eigenvalue weighted by Crippen LogP contribution is -2.28. The molecule has 0 aliphatic rings. The van der Waals surface area contributed by atoms with Crippen LogP contribution in [0.15, 0.2) is 24.5 Å². The minimum absolute atomic E-state index is 0.221. The molecule has 0 radical (unpaired) electrons. The highest BCUT2D eigenvalue weighted by Crippen LogP contribution is 2.06. The van der Waals surface area contributed by atoms with E-state index in [1.807, 2.05) is 12.3 Å². The van der Waals surface area contributed by atoms with Gasteiger partial charge in [-0.3, -0.25) is 9.88 Å². The van der Waals surface area contributed by atoms with Gasteiger partial charge in [0.2, 0.25) is 0 Å². The Morgan fingerprint density at radius 3 is 2.75 bits per heavy atom. The van der Waals surface area contributed by atoms with Crippen molar-refractivity contribution in [3.05, 3.63) is 30.1 Å². The average molecular weight is 222 g/mol. The highest BCUT2D eigenvalue weighted by molar-refractivity contribution is 5.08. The smallest absolute Gasteiger partial charge is 0.0558 e. The van der Waals surface area contributed by atoms with Crippen LogP contribution in [0.2, 0.25) is 0 Å². The zero-order valence-corrected chi connectivity index (χ0v) is 10.3. The first-order valence-electron chi connectivity index (χ1n) is 5.94. The first-order chi connectivity index (χ1) is 7.72. The molecule has 3 nitrogen and oxygen atoms in total. The van der Waals surface area contributed by atoms with Gasteiger partial charge in [0, 0.05) is 25.5 Å². The zero-order valence-electron chi connectivity index (χ0n) is 10.3. The van der Waals surface area contributed by atoms with Gasteiger partial charge in [-0.2, -0.15) is 0 Å². The molecule has 1 N–H and O–H groups in total. The number of aliphatic hydroxyl groups excluding tert-OH is 1. The standard InChI is InChI=1S/C13H22N2O/c1-12(2)5-7-15(8-9-16)11-13-4-3-6-14-10-13/h3-4,6,10,12,16H,5,7-9,11H2,1-2H3. The topological polar surface area (TPSA) is 36.4 Å². The molecule has 90 valence electrons.